The van der Waals surface area contributed by atoms with E-state index >= 15 is 0 Å². The van der Waals surface area contributed by atoms with Crippen LogP contribution in [0.5, 0.6) is 0 Å². The molecule has 0 atom stereocenters. The Morgan fingerprint density at radius 1 is 0.889 bits per heavy atom. The first-order valence-corrected chi connectivity index (χ1v) is 9.68. The lowest BCUT2D eigenvalue weighted by molar-refractivity contribution is -0.0258. The van der Waals surface area contributed by atoms with Gasteiger partial charge in [-0.25, -0.2) is 8.42 Å². The molecule has 3 aromatic rings. The number of hydrogen-bond acceptors (Lipinski definition) is 4. The number of hydrogen-bond donors (Lipinski definition) is 0. The molecular weight excluding hydrogens is 364 g/mol. The van der Waals surface area contributed by atoms with Gasteiger partial charge in [-0.15, -0.1) is 0 Å². The molecule has 27 heavy (non-hydrogen) atoms. The summed E-state index contributed by atoms with van der Waals surface area (Å²) in [6.45, 7) is 0. The molecule has 0 aliphatic heterocycles. The first-order chi connectivity index (χ1) is 12.8. The van der Waals surface area contributed by atoms with Gasteiger partial charge in [-0.3, -0.25) is 9.63 Å². The summed E-state index contributed by atoms with van der Waals surface area (Å²) in [5.74, 6) is -0.303. The van der Waals surface area contributed by atoms with Crippen molar-refractivity contribution in [1.29, 1.82) is 0 Å². The highest BCUT2D eigenvalue weighted by Gasteiger charge is 2.23. The Morgan fingerprint density at radius 2 is 1.59 bits per heavy atom. The fourth-order valence-corrected chi connectivity index (χ4v) is 3.75. The molecule has 3 aromatic carbocycles. The van der Waals surface area contributed by atoms with Gasteiger partial charge < -0.3 is 4.90 Å². The molecule has 0 saturated carbocycles. The van der Waals surface area contributed by atoms with E-state index in [0.29, 0.717) is 0 Å². The Kier molecular flexibility index (Phi) is 5.27. The number of fused-ring (bicyclic) bond motifs is 1. The first kappa shape index (κ1) is 19.0. The van der Waals surface area contributed by atoms with Gasteiger partial charge in [0.05, 0.1) is 12.0 Å². The second kappa shape index (κ2) is 7.48. The van der Waals surface area contributed by atoms with Gasteiger partial charge in [-0.2, -0.15) is 0 Å². The normalized spacial score (nSPS) is 11.7. The zero-order chi connectivity index (χ0) is 19.6. The van der Waals surface area contributed by atoms with E-state index in [1.807, 2.05) is 42.5 Å². The summed E-state index contributed by atoms with van der Waals surface area (Å²) in [4.78, 5) is 19.2. The summed E-state index contributed by atoms with van der Waals surface area (Å²) in [6.07, 6.45) is 0. The highest BCUT2D eigenvalue weighted by Crippen LogP contribution is 2.23. The number of carbonyl (C=O) groups excluding carboxylic acids is 1. The number of nitrogens with zero attached hydrogens (tertiary/aromatic N) is 2. The Labute approximate surface area is 158 Å². The van der Waals surface area contributed by atoms with E-state index in [1.54, 1.807) is 13.1 Å². The SMILES string of the molecule is CON(C)S(=O)(=O)c1cccc(C(=O)N(C)c2ccc3ccccc3c2)c1. The molecule has 0 heterocycles. The molecule has 0 radical (unpaired) electrons. The maximum absolute atomic E-state index is 12.9. The van der Waals surface area contributed by atoms with Crippen molar-refractivity contribution in [3.05, 3.63) is 72.3 Å². The van der Waals surface area contributed by atoms with Crippen LogP contribution in [-0.2, 0) is 14.9 Å². The molecule has 140 valence electrons. The zero-order valence-electron chi connectivity index (χ0n) is 15.3. The van der Waals surface area contributed by atoms with E-state index in [-0.39, 0.29) is 16.4 Å². The number of rotatable bonds is 5. The summed E-state index contributed by atoms with van der Waals surface area (Å²) >= 11 is 0. The molecule has 0 bridgehead atoms. The summed E-state index contributed by atoms with van der Waals surface area (Å²) in [7, 11) is 0.398. The van der Waals surface area contributed by atoms with Crippen molar-refractivity contribution in [1.82, 2.24) is 4.47 Å². The molecule has 0 N–H and O–H groups in total. The molecule has 0 aliphatic carbocycles. The van der Waals surface area contributed by atoms with Gasteiger partial charge in [0.2, 0.25) is 0 Å². The third-order valence-corrected chi connectivity index (χ3v) is 6.08. The fourth-order valence-electron chi connectivity index (χ4n) is 2.73. The van der Waals surface area contributed by atoms with Crippen molar-refractivity contribution in [3.8, 4) is 0 Å². The average Bonchev–Trinajstić information content (AvgIpc) is 2.71. The summed E-state index contributed by atoms with van der Waals surface area (Å²) in [5, 5.41) is 2.10. The highest BCUT2D eigenvalue weighted by atomic mass is 32.2. The maximum atomic E-state index is 12.9. The highest BCUT2D eigenvalue weighted by molar-refractivity contribution is 7.89. The molecule has 0 fully saturated rings. The van der Waals surface area contributed by atoms with Crippen LogP contribution in [0.4, 0.5) is 5.69 Å². The molecule has 0 spiro atoms. The minimum atomic E-state index is -3.82. The van der Waals surface area contributed by atoms with Crippen LogP contribution in [0.3, 0.4) is 0 Å². The van der Waals surface area contributed by atoms with Crippen LogP contribution < -0.4 is 4.90 Å². The van der Waals surface area contributed by atoms with Gasteiger partial charge in [-0.05, 0) is 41.1 Å². The van der Waals surface area contributed by atoms with Crippen molar-refractivity contribution >= 4 is 32.4 Å². The minimum absolute atomic E-state index is 0.00962. The van der Waals surface area contributed by atoms with E-state index in [4.69, 9.17) is 4.84 Å². The second-order valence-electron chi connectivity index (χ2n) is 6.02. The lowest BCUT2D eigenvalue weighted by Gasteiger charge is -2.19. The van der Waals surface area contributed by atoms with Crippen LogP contribution in [0.1, 0.15) is 10.4 Å². The lowest BCUT2D eigenvalue weighted by Crippen LogP contribution is -2.28. The lowest BCUT2D eigenvalue weighted by atomic mass is 10.1. The Hall–Kier alpha value is -2.74. The van der Waals surface area contributed by atoms with Gasteiger partial charge in [-0.1, -0.05) is 40.9 Å². The number of sulfonamides is 1. The van der Waals surface area contributed by atoms with Crippen molar-refractivity contribution in [3.63, 3.8) is 0 Å². The standard InChI is InChI=1S/C20H20N2O4S/c1-21(18-12-11-15-7-4-5-8-16(15)13-18)20(23)17-9-6-10-19(14-17)27(24,25)22(2)26-3/h4-14H,1-3H3. The average molecular weight is 384 g/mol. The van der Waals surface area contributed by atoms with E-state index in [9.17, 15) is 13.2 Å². The Balaban J connectivity index is 1.94. The first-order valence-electron chi connectivity index (χ1n) is 8.24. The summed E-state index contributed by atoms with van der Waals surface area (Å²) < 4.78 is 25.6. The van der Waals surface area contributed by atoms with Gasteiger partial charge in [0.1, 0.15) is 0 Å². The predicted octanol–water partition coefficient (Wildman–Crippen LogP) is 3.30. The molecule has 0 aliphatic rings. The number of anilines is 1. The van der Waals surface area contributed by atoms with E-state index in [2.05, 4.69) is 0 Å². The van der Waals surface area contributed by atoms with Crippen molar-refractivity contribution in [2.45, 2.75) is 4.90 Å². The smallest absolute Gasteiger partial charge is 0.264 e. The molecule has 0 unspecified atom stereocenters. The quantitative estimate of drug-likeness (QED) is 0.633. The van der Waals surface area contributed by atoms with Crippen LogP contribution in [0, 0.1) is 0 Å². The largest absolute Gasteiger partial charge is 0.311 e. The number of amides is 1. The van der Waals surface area contributed by atoms with Crippen LogP contribution in [0.15, 0.2) is 71.6 Å². The monoisotopic (exact) mass is 384 g/mol. The molecule has 1 amide bonds. The Morgan fingerprint density at radius 3 is 2.30 bits per heavy atom. The number of carbonyl (C=O) groups is 1. The maximum Gasteiger partial charge on any atom is 0.264 e. The van der Waals surface area contributed by atoms with Crippen LogP contribution in [0.2, 0.25) is 0 Å². The summed E-state index contributed by atoms with van der Waals surface area (Å²) in [6, 6.07) is 19.5. The number of benzene rings is 3. The Bertz CT molecular complexity index is 1100. The van der Waals surface area contributed by atoms with Gasteiger partial charge in [0.15, 0.2) is 0 Å². The molecule has 7 heteroatoms. The van der Waals surface area contributed by atoms with Crippen molar-refractivity contribution in [2.24, 2.45) is 0 Å². The van der Waals surface area contributed by atoms with E-state index in [1.165, 1.54) is 37.3 Å². The zero-order valence-corrected chi connectivity index (χ0v) is 16.1. The topological polar surface area (TPSA) is 66.9 Å². The van der Waals surface area contributed by atoms with Crippen LogP contribution in [0.25, 0.3) is 10.8 Å². The predicted molar refractivity (Wildman–Crippen MR) is 105 cm³/mol. The van der Waals surface area contributed by atoms with Crippen molar-refractivity contribution in [2.75, 3.05) is 26.1 Å². The summed E-state index contributed by atoms with van der Waals surface area (Å²) in [5.41, 5.74) is 0.997. The third kappa shape index (κ3) is 3.71. The van der Waals surface area contributed by atoms with E-state index in [0.717, 1.165) is 20.9 Å². The minimum Gasteiger partial charge on any atom is -0.311 e. The third-order valence-electron chi connectivity index (χ3n) is 4.40. The molecule has 0 saturated heterocycles. The van der Waals surface area contributed by atoms with Gasteiger partial charge >= 0.3 is 0 Å². The van der Waals surface area contributed by atoms with Crippen molar-refractivity contribution < 1.29 is 18.0 Å². The molecule has 0 aromatic heterocycles. The van der Waals surface area contributed by atoms with Crippen LogP contribution >= 0.6 is 0 Å². The van der Waals surface area contributed by atoms with Gasteiger partial charge in [0, 0.05) is 25.3 Å². The van der Waals surface area contributed by atoms with Crippen LogP contribution in [-0.4, -0.2) is 40.0 Å². The number of hydroxylamine groups is 1. The van der Waals surface area contributed by atoms with Gasteiger partial charge in [0.25, 0.3) is 15.9 Å². The van der Waals surface area contributed by atoms with E-state index < -0.39 is 10.0 Å². The fraction of sp³-hybridized carbons (Fsp3) is 0.150. The molecular formula is C20H20N2O4S. The second-order valence-corrected chi connectivity index (χ2v) is 7.96. The molecule has 6 nitrogen and oxygen atoms in total. The molecule has 3 rings (SSSR count).